The van der Waals surface area contributed by atoms with Crippen LogP contribution in [0.2, 0.25) is 0 Å². The second-order valence-electron chi connectivity index (χ2n) is 7.34. The van der Waals surface area contributed by atoms with E-state index in [4.69, 9.17) is 9.47 Å². The highest BCUT2D eigenvalue weighted by atomic mass is 32.1. The molecule has 1 aromatic rings. The number of amides is 2. The van der Waals surface area contributed by atoms with Gasteiger partial charge in [-0.2, -0.15) is 5.26 Å². The van der Waals surface area contributed by atoms with Crippen LogP contribution in [-0.4, -0.2) is 46.4 Å². The topological polar surface area (TPSA) is 82.9 Å². The summed E-state index contributed by atoms with van der Waals surface area (Å²) in [6.45, 7) is 3.59. The summed E-state index contributed by atoms with van der Waals surface area (Å²) in [5.41, 5.74) is -0.238. The molecule has 2 amide bonds. The Morgan fingerprint density at radius 3 is 2.69 bits per heavy atom. The molecule has 0 spiro atoms. The van der Waals surface area contributed by atoms with Gasteiger partial charge in [0.2, 0.25) is 12.7 Å². The Morgan fingerprint density at radius 2 is 2.00 bits per heavy atom. The fourth-order valence-electron chi connectivity index (χ4n) is 4.21. The number of benzene rings is 1. The van der Waals surface area contributed by atoms with Gasteiger partial charge in [0.1, 0.15) is 6.04 Å². The van der Waals surface area contributed by atoms with Crippen LogP contribution in [0.25, 0.3) is 0 Å². The van der Waals surface area contributed by atoms with Crippen LogP contribution >= 0.6 is 12.6 Å². The van der Waals surface area contributed by atoms with Crippen molar-refractivity contribution in [2.45, 2.75) is 37.2 Å². The molecule has 8 heteroatoms. The molecule has 0 radical (unpaired) electrons. The van der Waals surface area contributed by atoms with Crippen molar-refractivity contribution in [1.29, 1.82) is 5.26 Å². The molecule has 3 aliphatic heterocycles. The fraction of sp³-hybridized carbons (Fsp3) is 0.500. The highest BCUT2D eigenvalue weighted by Gasteiger charge is 2.66. The molecule has 7 nitrogen and oxygen atoms in total. The number of fused-ring (bicyclic) bond motifs is 2. The van der Waals surface area contributed by atoms with Crippen LogP contribution in [0.15, 0.2) is 18.2 Å². The van der Waals surface area contributed by atoms with Crippen LogP contribution in [-0.2, 0) is 9.59 Å². The Bertz CT molecular complexity index is 868. The molecule has 0 aromatic heterocycles. The van der Waals surface area contributed by atoms with Gasteiger partial charge >= 0.3 is 0 Å². The van der Waals surface area contributed by atoms with Gasteiger partial charge in [-0.1, -0.05) is 6.07 Å². The molecule has 3 aliphatic rings. The maximum Gasteiger partial charge on any atom is 0.259 e. The number of nitriles is 1. The van der Waals surface area contributed by atoms with E-state index in [9.17, 15) is 14.9 Å². The van der Waals surface area contributed by atoms with Crippen molar-refractivity contribution in [3.8, 4) is 17.6 Å². The quantitative estimate of drug-likeness (QED) is 0.758. The smallest absolute Gasteiger partial charge is 0.259 e. The zero-order valence-corrected chi connectivity index (χ0v) is 15.6. The van der Waals surface area contributed by atoms with Gasteiger partial charge < -0.3 is 19.3 Å². The van der Waals surface area contributed by atoms with Crippen LogP contribution < -0.4 is 9.47 Å². The summed E-state index contributed by atoms with van der Waals surface area (Å²) in [6.07, 6.45) is 0.153. The summed E-state index contributed by atoms with van der Waals surface area (Å²) in [5.74, 6) is 0.707. The monoisotopic (exact) mass is 373 g/mol. The SMILES string of the molecule is C[C@@H]1C(=O)N2[C@@H](c3ccc4c(c3)OCO4)[C@@](C)(C#N)C[C@]2(S)C(=O)N1C. The Morgan fingerprint density at radius 1 is 1.31 bits per heavy atom. The summed E-state index contributed by atoms with van der Waals surface area (Å²) in [5, 5.41) is 9.91. The van der Waals surface area contributed by atoms with Crippen molar-refractivity contribution in [3.05, 3.63) is 23.8 Å². The molecular formula is C18H19N3O4S. The molecule has 2 saturated heterocycles. The van der Waals surface area contributed by atoms with Crippen molar-refractivity contribution in [1.82, 2.24) is 9.80 Å². The number of carbonyl (C=O) groups is 2. The van der Waals surface area contributed by atoms with E-state index >= 15 is 0 Å². The summed E-state index contributed by atoms with van der Waals surface area (Å²) < 4.78 is 10.8. The first kappa shape index (κ1) is 17.0. The fourth-order valence-corrected chi connectivity index (χ4v) is 4.91. The molecule has 2 fully saturated rings. The highest BCUT2D eigenvalue weighted by Crippen LogP contribution is 2.58. The van der Waals surface area contributed by atoms with Crippen LogP contribution in [0.5, 0.6) is 11.5 Å². The van der Waals surface area contributed by atoms with E-state index in [1.54, 1.807) is 33.0 Å². The average molecular weight is 373 g/mol. The molecule has 0 bridgehead atoms. The lowest BCUT2D eigenvalue weighted by atomic mass is 9.79. The highest BCUT2D eigenvalue weighted by molar-refractivity contribution is 7.82. The van der Waals surface area contributed by atoms with Gasteiger partial charge in [-0.15, -0.1) is 12.6 Å². The van der Waals surface area contributed by atoms with Gasteiger partial charge in [-0.3, -0.25) is 9.59 Å². The van der Waals surface area contributed by atoms with Gasteiger partial charge in [0.25, 0.3) is 5.91 Å². The number of ether oxygens (including phenoxy) is 2. The number of rotatable bonds is 1. The Labute approximate surface area is 156 Å². The maximum atomic E-state index is 13.1. The number of carbonyl (C=O) groups excluding carboxylic acids is 2. The first-order valence-electron chi connectivity index (χ1n) is 8.36. The van der Waals surface area contributed by atoms with Gasteiger partial charge in [-0.05, 0) is 31.5 Å². The van der Waals surface area contributed by atoms with E-state index in [0.29, 0.717) is 11.5 Å². The Hall–Kier alpha value is -2.40. The van der Waals surface area contributed by atoms with Crippen LogP contribution in [0.4, 0.5) is 0 Å². The molecule has 26 heavy (non-hydrogen) atoms. The third-order valence-electron chi connectivity index (χ3n) is 5.68. The van der Waals surface area contributed by atoms with E-state index in [1.165, 1.54) is 9.80 Å². The second kappa shape index (κ2) is 5.30. The van der Waals surface area contributed by atoms with E-state index in [1.807, 2.05) is 6.07 Å². The van der Waals surface area contributed by atoms with Gasteiger partial charge in [0, 0.05) is 13.5 Å². The summed E-state index contributed by atoms with van der Waals surface area (Å²) in [4.78, 5) is 27.6. The Kier molecular flexibility index (Phi) is 3.47. The zero-order valence-electron chi connectivity index (χ0n) is 14.7. The van der Waals surface area contributed by atoms with Crippen LogP contribution in [0.1, 0.15) is 31.9 Å². The first-order valence-corrected chi connectivity index (χ1v) is 8.81. The third kappa shape index (κ3) is 2.01. The lowest BCUT2D eigenvalue weighted by Crippen LogP contribution is -2.65. The first-order chi connectivity index (χ1) is 12.2. The minimum atomic E-state index is -1.34. The predicted molar refractivity (Wildman–Crippen MR) is 94.4 cm³/mol. The normalized spacial score (nSPS) is 35.5. The third-order valence-corrected chi connectivity index (χ3v) is 6.25. The van der Waals surface area contributed by atoms with E-state index in [2.05, 4.69) is 18.7 Å². The summed E-state index contributed by atoms with van der Waals surface area (Å²) in [6, 6.07) is 6.47. The number of piperazine rings is 1. The Balaban J connectivity index is 1.88. The van der Waals surface area contributed by atoms with Crippen molar-refractivity contribution >= 4 is 24.4 Å². The number of hydrogen-bond acceptors (Lipinski definition) is 6. The van der Waals surface area contributed by atoms with Crippen molar-refractivity contribution in [2.24, 2.45) is 5.41 Å². The average Bonchev–Trinajstić information content (AvgIpc) is 3.18. The molecule has 0 unspecified atom stereocenters. The van der Waals surface area contributed by atoms with Gasteiger partial charge in [0.05, 0.1) is 17.5 Å². The molecule has 1 aromatic carbocycles. The molecule has 3 heterocycles. The van der Waals surface area contributed by atoms with E-state index in [-0.39, 0.29) is 25.0 Å². The predicted octanol–water partition coefficient (Wildman–Crippen LogP) is 1.71. The maximum absolute atomic E-state index is 13.1. The molecule has 4 atom stereocenters. The van der Waals surface area contributed by atoms with Gasteiger partial charge in [0.15, 0.2) is 16.4 Å². The van der Waals surface area contributed by atoms with Crippen LogP contribution in [0, 0.1) is 16.7 Å². The lowest BCUT2D eigenvalue weighted by molar-refractivity contribution is -0.161. The second-order valence-corrected chi connectivity index (χ2v) is 8.08. The molecule has 0 aliphatic carbocycles. The molecule has 0 N–H and O–H groups in total. The largest absolute Gasteiger partial charge is 0.454 e. The van der Waals surface area contributed by atoms with Crippen molar-refractivity contribution in [3.63, 3.8) is 0 Å². The number of likely N-dealkylation sites (N-methyl/N-ethyl adjacent to an activating group) is 1. The number of thiol groups is 1. The molecular weight excluding hydrogens is 354 g/mol. The van der Waals surface area contributed by atoms with Gasteiger partial charge in [-0.25, -0.2) is 0 Å². The summed E-state index contributed by atoms with van der Waals surface area (Å²) >= 11 is 4.63. The number of hydrogen-bond donors (Lipinski definition) is 1. The van der Waals surface area contributed by atoms with Crippen molar-refractivity contribution in [2.75, 3.05) is 13.8 Å². The minimum Gasteiger partial charge on any atom is -0.454 e. The molecule has 136 valence electrons. The number of nitrogens with zero attached hydrogens (tertiary/aromatic N) is 3. The molecule has 4 rings (SSSR count). The standard InChI is InChI=1S/C18H19N3O4S/c1-10-15(22)21-14(11-4-5-12-13(6-11)25-9-24-12)17(2,8-19)7-18(21,26)16(23)20(10)3/h4-6,10,14,26H,7,9H2,1-3H3/t10-,14+,17-,18+/m1/s1. The minimum absolute atomic E-state index is 0.137. The zero-order chi connectivity index (χ0) is 18.9. The van der Waals surface area contributed by atoms with Crippen LogP contribution in [0.3, 0.4) is 0 Å². The van der Waals surface area contributed by atoms with E-state index in [0.717, 1.165) is 5.56 Å². The van der Waals surface area contributed by atoms with Crippen molar-refractivity contribution < 1.29 is 19.1 Å². The summed E-state index contributed by atoms with van der Waals surface area (Å²) in [7, 11) is 1.60. The molecule has 0 saturated carbocycles. The lowest BCUT2D eigenvalue weighted by Gasteiger charge is -2.46. The van der Waals surface area contributed by atoms with E-state index < -0.39 is 22.4 Å².